The molecule has 0 fully saturated rings. The summed E-state index contributed by atoms with van der Waals surface area (Å²) < 4.78 is 24.0. The lowest BCUT2D eigenvalue weighted by atomic mass is 9.95. The highest BCUT2D eigenvalue weighted by Crippen LogP contribution is 2.37. The number of hydrogen-bond acceptors (Lipinski definition) is 8. The van der Waals surface area contributed by atoms with Crippen LogP contribution in [0, 0.1) is 5.82 Å². The van der Waals surface area contributed by atoms with E-state index in [0.29, 0.717) is 41.8 Å². The fourth-order valence-corrected chi connectivity index (χ4v) is 4.69. The zero-order valence-corrected chi connectivity index (χ0v) is 20.6. The summed E-state index contributed by atoms with van der Waals surface area (Å²) in [6, 6.07) is 3.74. The Bertz CT molecular complexity index is 1170. The van der Waals surface area contributed by atoms with Crippen molar-refractivity contribution in [2.24, 2.45) is 4.99 Å². The summed E-state index contributed by atoms with van der Waals surface area (Å²) in [5, 5.41) is 6.20. The van der Waals surface area contributed by atoms with Gasteiger partial charge in [0, 0.05) is 27.9 Å². The van der Waals surface area contributed by atoms with Gasteiger partial charge >= 0.3 is 5.97 Å². The fourth-order valence-electron chi connectivity index (χ4n) is 3.54. The Morgan fingerprint density at radius 3 is 3.06 bits per heavy atom. The highest BCUT2D eigenvalue weighted by atomic mass is 79.9. The molecule has 0 aliphatic carbocycles. The molecule has 172 valence electrons. The van der Waals surface area contributed by atoms with E-state index in [-0.39, 0.29) is 5.02 Å². The molecule has 1 aromatic heterocycles. The molecule has 1 unspecified atom stereocenters. The average molecular weight is 554 g/mol. The first-order valence-electron chi connectivity index (χ1n) is 9.86. The molecule has 11 heteroatoms. The zero-order chi connectivity index (χ0) is 23.4. The summed E-state index contributed by atoms with van der Waals surface area (Å²) in [5.74, 6) is -0.352. The van der Waals surface area contributed by atoms with Crippen molar-refractivity contribution in [2.75, 3.05) is 26.8 Å². The molecule has 0 bridgehead atoms. The number of benzene rings is 1. The van der Waals surface area contributed by atoms with Crippen LogP contribution in [0.5, 0.6) is 0 Å². The van der Waals surface area contributed by atoms with E-state index >= 15 is 0 Å². The molecule has 3 heterocycles. The van der Waals surface area contributed by atoms with Gasteiger partial charge in [-0.25, -0.2) is 14.2 Å². The van der Waals surface area contributed by atoms with Crippen molar-refractivity contribution in [3.63, 3.8) is 0 Å². The van der Waals surface area contributed by atoms with Crippen LogP contribution < -0.4 is 5.32 Å². The van der Waals surface area contributed by atoms with Crippen LogP contribution in [0.25, 0.3) is 0 Å². The Morgan fingerprint density at radius 2 is 2.36 bits per heavy atom. The maximum Gasteiger partial charge on any atom is 0.357 e. The van der Waals surface area contributed by atoms with Crippen molar-refractivity contribution in [2.45, 2.75) is 6.04 Å². The average Bonchev–Trinajstić information content (AvgIpc) is 3.35. The van der Waals surface area contributed by atoms with Gasteiger partial charge in [-0.05, 0) is 28.8 Å². The van der Waals surface area contributed by atoms with Crippen LogP contribution in [0.1, 0.15) is 16.6 Å². The number of nitrogens with zero attached hydrogens (tertiary/aromatic N) is 3. The minimum atomic E-state index is -0.520. The highest BCUT2D eigenvalue weighted by Gasteiger charge is 2.30. The Balaban J connectivity index is 1.80. The number of aromatic nitrogens is 1. The number of aliphatic imine (C=N–C) groups is 1. The van der Waals surface area contributed by atoms with Gasteiger partial charge in [0.1, 0.15) is 24.7 Å². The van der Waals surface area contributed by atoms with E-state index < -0.39 is 17.8 Å². The van der Waals surface area contributed by atoms with Gasteiger partial charge in [-0.1, -0.05) is 33.6 Å². The van der Waals surface area contributed by atoms with E-state index in [1.54, 1.807) is 17.2 Å². The molecule has 0 amide bonds. The molecule has 0 saturated carbocycles. The lowest BCUT2D eigenvalue weighted by Gasteiger charge is -2.33. The van der Waals surface area contributed by atoms with Gasteiger partial charge in [0.05, 0.1) is 20.2 Å². The predicted octanol–water partition coefficient (Wildman–Crippen LogP) is 4.54. The van der Waals surface area contributed by atoms with E-state index in [0.717, 1.165) is 11.3 Å². The van der Waals surface area contributed by atoms with Crippen LogP contribution in [0.15, 0.2) is 69.1 Å². The minimum Gasteiger partial charge on any atom is -0.497 e. The SMILES string of the molecule is COC(=O)C1=COCCN1CC1=C(/C=C/Br)C(c2ccc(F)cc2Cl)N=C(c2nccs2)N1. The normalized spacial score (nSPS) is 18.5. The Hall–Kier alpha value is -2.69. The first-order chi connectivity index (χ1) is 16.0. The van der Waals surface area contributed by atoms with Crippen molar-refractivity contribution in [3.8, 4) is 0 Å². The Kier molecular flexibility index (Phi) is 7.46. The summed E-state index contributed by atoms with van der Waals surface area (Å²) >= 11 is 11.2. The number of esters is 1. The topological polar surface area (TPSA) is 76.1 Å². The summed E-state index contributed by atoms with van der Waals surface area (Å²) in [6.45, 7) is 1.26. The maximum atomic E-state index is 13.8. The maximum absolute atomic E-state index is 13.8. The molecule has 1 N–H and O–H groups in total. The molecule has 33 heavy (non-hydrogen) atoms. The molecule has 7 nitrogen and oxygen atoms in total. The number of thiazole rings is 1. The van der Waals surface area contributed by atoms with Gasteiger partial charge in [-0.15, -0.1) is 11.3 Å². The Labute approximate surface area is 207 Å². The summed E-state index contributed by atoms with van der Waals surface area (Å²) in [4.78, 5) is 25.1. The van der Waals surface area contributed by atoms with E-state index in [9.17, 15) is 9.18 Å². The molecule has 0 radical (unpaired) electrons. The number of amidine groups is 1. The Morgan fingerprint density at radius 1 is 1.52 bits per heavy atom. The van der Waals surface area contributed by atoms with Gasteiger partial charge in [0.25, 0.3) is 0 Å². The molecule has 0 spiro atoms. The first-order valence-corrected chi connectivity index (χ1v) is 12.0. The molecule has 1 aromatic carbocycles. The smallest absolute Gasteiger partial charge is 0.357 e. The standard InChI is InChI=1S/C22H19BrClFN4O3S/c1-31-22(30)18-12-32-8-7-29(18)11-17-15(4-5-23)19(14-3-2-13(25)10-16(14)24)28-20(27-17)21-26-6-9-33-21/h2-6,9-10,12,19H,7-8,11H2,1H3,(H,27,28)/b5-4+. The second-order valence-electron chi connectivity index (χ2n) is 7.02. The number of rotatable bonds is 6. The van der Waals surface area contributed by atoms with Crippen LogP contribution in [0.2, 0.25) is 5.02 Å². The van der Waals surface area contributed by atoms with E-state index in [1.165, 1.54) is 36.8 Å². The summed E-state index contributed by atoms with van der Waals surface area (Å²) in [5.41, 5.74) is 2.55. The van der Waals surface area contributed by atoms with E-state index in [1.807, 2.05) is 16.4 Å². The lowest BCUT2D eigenvalue weighted by molar-refractivity contribution is -0.138. The summed E-state index contributed by atoms with van der Waals surface area (Å²) in [6.07, 6.45) is 4.96. The molecule has 2 aliphatic rings. The summed E-state index contributed by atoms with van der Waals surface area (Å²) in [7, 11) is 1.33. The number of carbonyl (C=O) groups is 1. The number of hydrogen-bond donors (Lipinski definition) is 1. The van der Waals surface area contributed by atoms with Gasteiger partial charge < -0.3 is 19.7 Å². The quantitative estimate of drug-likeness (QED) is 0.530. The lowest BCUT2D eigenvalue weighted by Crippen LogP contribution is -2.41. The van der Waals surface area contributed by atoms with Crippen LogP contribution in [0.3, 0.4) is 0 Å². The van der Waals surface area contributed by atoms with Crippen LogP contribution in [0.4, 0.5) is 4.39 Å². The fraction of sp³-hybridized carbons (Fsp3) is 0.227. The van der Waals surface area contributed by atoms with Crippen molar-refractivity contribution in [3.05, 3.63) is 85.5 Å². The van der Waals surface area contributed by atoms with Gasteiger partial charge in [-0.3, -0.25) is 4.99 Å². The third kappa shape index (κ3) is 5.13. The number of ether oxygens (including phenoxy) is 2. The molecule has 1 atom stereocenters. The largest absolute Gasteiger partial charge is 0.497 e. The molecule has 2 aromatic rings. The van der Waals surface area contributed by atoms with Gasteiger partial charge in [0.15, 0.2) is 16.5 Å². The minimum absolute atomic E-state index is 0.269. The van der Waals surface area contributed by atoms with Crippen LogP contribution in [-0.4, -0.2) is 48.5 Å². The third-order valence-electron chi connectivity index (χ3n) is 5.06. The van der Waals surface area contributed by atoms with Crippen LogP contribution >= 0.6 is 38.9 Å². The molecule has 2 aliphatic heterocycles. The van der Waals surface area contributed by atoms with Crippen molar-refractivity contribution >= 4 is 50.7 Å². The molecular weight excluding hydrogens is 535 g/mol. The number of nitrogens with one attached hydrogen (secondary N) is 1. The number of halogens is 3. The van der Waals surface area contributed by atoms with Gasteiger partial charge in [-0.2, -0.15) is 0 Å². The predicted molar refractivity (Wildman–Crippen MR) is 129 cm³/mol. The third-order valence-corrected chi connectivity index (χ3v) is 6.43. The second kappa shape index (κ2) is 10.5. The highest BCUT2D eigenvalue weighted by molar-refractivity contribution is 9.11. The molecular formula is C22H19BrClFN4O3S. The monoisotopic (exact) mass is 552 g/mol. The van der Waals surface area contributed by atoms with Crippen molar-refractivity contribution in [1.82, 2.24) is 15.2 Å². The number of carbonyl (C=O) groups excluding carboxylic acids is 1. The zero-order valence-electron chi connectivity index (χ0n) is 17.4. The van der Waals surface area contributed by atoms with Crippen molar-refractivity contribution < 1.29 is 18.7 Å². The van der Waals surface area contributed by atoms with Gasteiger partial charge in [0.2, 0.25) is 0 Å². The molecule has 0 saturated heterocycles. The number of methoxy groups -OCH3 is 1. The molecule has 4 rings (SSSR count). The van der Waals surface area contributed by atoms with E-state index in [4.69, 9.17) is 26.1 Å². The van der Waals surface area contributed by atoms with E-state index in [2.05, 4.69) is 26.2 Å². The second-order valence-corrected chi connectivity index (χ2v) is 8.85. The first kappa shape index (κ1) is 23.5. The van der Waals surface area contributed by atoms with Crippen LogP contribution in [-0.2, 0) is 14.3 Å². The van der Waals surface area contributed by atoms with Crippen molar-refractivity contribution in [1.29, 1.82) is 0 Å².